The molecule has 1 N–H and O–H groups in total. The van der Waals surface area contributed by atoms with E-state index < -0.39 is 0 Å². The molecule has 0 atom stereocenters. The van der Waals surface area contributed by atoms with Gasteiger partial charge in [-0.15, -0.1) is 5.10 Å². The maximum absolute atomic E-state index is 4.18. The Hall–Kier alpha value is -1.68. The molecule has 0 fully saturated rings. The molecule has 0 aliphatic heterocycles. The van der Waals surface area contributed by atoms with Gasteiger partial charge in [0.2, 0.25) is 0 Å². The minimum Gasteiger partial charge on any atom is -0.297 e. The maximum Gasteiger partial charge on any atom is 0.0964 e. The van der Waals surface area contributed by atoms with Crippen molar-refractivity contribution in [1.82, 2.24) is 20.3 Å². The second-order valence-electron chi connectivity index (χ2n) is 9.85. The Morgan fingerprint density at radius 2 is 1.12 bits per heavy atom. The van der Waals surface area contributed by atoms with Crippen molar-refractivity contribution in [3.63, 3.8) is 0 Å². The van der Waals surface area contributed by atoms with E-state index in [-0.39, 0.29) is 0 Å². The third-order valence-corrected chi connectivity index (χ3v) is 6.45. The van der Waals surface area contributed by atoms with Crippen LogP contribution in [0.1, 0.15) is 128 Å². The Bertz CT molecular complexity index is 607. The van der Waals surface area contributed by atoms with Crippen LogP contribution in [0.5, 0.6) is 0 Å². The van der Waals surface area contributed by atoms with Crippen LogP contribution in [0.3, 0.4) is 0 Å². The Balaban J connectivity index is 0.000000700. The first-order chi connectivity index (χ1) is 16.8. The highest BCUT2D eigenvalue weighted by Gasteiger charge is 2.08. The number of benzene rings is 1. The number of aryl methyl sites for hydroxylation is 1. The van der Waals surface area contributed by atoms with Crippen molar-refractivity contribution in [1.29, 1.82) is 0 Å². The zero-order chi connectivity index (χ0) is 24.5. The summed E-state index contributed by atoms with van der Waals surface area (Å²) in [5.41, 5.74) is 2.40. The largest absolute Gasteiger partial charge is 0.297 e. The number of unbranched alkanes of at least 4 members (excludes halogenated alkanes) is 14. The molecule has 0 aliphatic rings. The Morgan fingerprint density at radius 3 is 1.50 bits per heavy atom. The number of nitrogens with one attached hydrogen (secondary N) is 1. The van der Waals surface area contributed by atoms with Gasteiger partial charge < -0.3 is 0 Å². The zero-order valence-corrected chi connectivity index (χ0v) is 22.7. The Morgan fingerprint density at radius 1 is 0.647 bits per heavy atom. The molecule has 34 heavy (non-hydrogen) atoms. The zero-order valence-electron chi connectivity index (χ0n) is 22.7. The van der Waals surface area contributed by atoms with Crippen LogP contribution >= 0.6 is 0 Å². The molecule has 0 saturated heterocycles. The number of rotatable bonds is 20. The Labute approximate surface area is 211 Å². The molecule has 0 radical (unpaired) electrons. The molecule has 0 unspecified atom stereocenters. The van der Waals surface area contributed by atoms with E-state index in [9.17, 15) is 0 Å². The number of H-pyrrole nitrogens is 1. The smallest absolute Gasteiger partial charge is 0.0964 e. The monoisotopic (exact) mass is 470 g/mol. The molecule has 1 aromatic carbocycles. The summed E-state index contributed by atoms with van der Waals surface area (Å²) < 4.78 is 0. The van der Waals surface area contributed by atoms with Gasteiger partial charge in [0.1, 0.15) is 0 Å². The predicted octanol–water partition coefficient (Wildman–Crippen LogP) is 8.88. The molecule has 4 nitrogen and oxygen atoms in total. The molecular weight excluding hydrogens is 416 g/mol. The van der Waals surface area contributed by atoms with Crippen molar-refractivity contribution < 1.29 is 0 Å². The highest BCUT2D eigenvalue weighted by atomic mass is 15.3. The van der Waals surface area contributed by atoms with Gasteiger partial charge in [0.05, 0.1) is 5.69 Å². The first kappa shape index (κ1) is 30.4. The quantitative estimate of drug-likeness (QED) is 0.196. The highest BCUT2D eigenvalue weighted by Crippen LogP contribution is 2.12. The van der Waals surface area contributed by atoms with Crippen LogP contribution in [-0.4, -0.2) is 33.4 Å². The molecular formula is C30H54N4. The van der Waals surface area contributed by atoms with E-state index in [1.54, 1.807) is 0 Å². The van der Waals surface area contributed by atoms with Gasteiger partial charge in [-0.05, 0) is 32.9 Å². The average molecular weight is 471 g/mol. The average Bonchev–Trinajstić information content (AvgIpc) is 3.36. The summed E-state index contributed by atoms with van der Waals surface area (Å²) in [6.45, 7) is 10.0. The van der Waals surface area contributed by atoms with E-state index in [2.05, 4.69) is 53.2 Å². The molecule has 0 amide bonds. The van der Waals surface area contributed by atoms with E-state index in [4.69, 9.17) is 0 Å². The number of aromatic amines is 1. The minimum absolute atomic E-state index is 0.948. The molecule has 0 aliphatic carbocycles. The molecule has 194 valence electrons. The van der Waals surface area contributed by atoms with E-state index in [0.717, 1.165) is 12.2 Å². The highest BCUT2D eigenvalue weighted by molar-refractivity contribution is 5.11. The van der Waals surface area contributed by atoms with Gasteiger partial charge in [0.25, 0.3) is 0 Å². The number of hydrogen-bond acceptors (Lipinski definition) is 3. The molecule has 1 aromatic heterocycles. The van der Waals surface area contributed by atoms with E-state index in [1.165, 1.54) is 121 Å². The summed E-state index contributed by atoms with van der Waals surface area (Å²) in [4.78, 5) is 2.59. The molecule has 0 spiro atoms. The van der Waals surface area contributed by atoms with Crippen LogP contribution in [0, 0.1) is 6.92 Å². The van der Waals surface area contributed by atoms with Crippen molar-refractivity contribution in [2.24, 2.45) is 0 Å². The van der Waals surface area contributed by atoms with Gasteiger partial charge in [-0.3, -0.25) is 10.00 Å². The van der Waals surface area contributed by atoms with Crippen LogP contribution in [0.25, 0.3) is 0 Å². The molecule has 1 heterocycles. The van der Waals surface area contributed by atoms with E-state index in [0.29, 0.717) is 0 Å². The van der Waals surface area contributed by atoms with Crippen LogP contribution < -0.4 is 0 Å². The lowest BCUT2D eigenvalue weighted by Crippen LogP contribution is -2.26. The number of hydrogen-bond donors (Lipinski definition) is 1. The van der Waals surface area contributed by atoms with Crippen LogP contribution in [0.4, 0.5) is 0 Å². The standard InChI is InChI=1S/C23H46N4.C7H8/c1-3-5-7-9-11-13-15-17-19-27(22-23-21-24-26-25-23)20-18-16-14-12-10-8-6-4-2;1-7-5-3-2-4-6-7/h21H,3-20,22H2,1-2H3,(H,24,25,26);2-6H,1H3. The molecule has 0 saturated carbocycles. The van der Waals surface area contributed by atoms with Crippen molar-refractivity contribution in [2.75, 3.05) is 13.1 Å². The van der Waals surface area contributed by atoms with Crippen LogP contribution in [0.15, 0.2) is 36.5 Å². The van der Waals surface area contributed by atoms with Gasteiger partial charge in [0, 0.05) is 12.7 Å². The summed E-state index contributed by atoms with van der Waals surface area (Å²) >= 11 is 0. The first-order valence-corrected chi connectivity index (χ1v) is 14.4. The SMILES string of the molecule is CCCCCCCCCCN(CCCCCCCCCC)Cc1c[nH]nn1.Cc1ccccc1. The third kappa shape index (κ3) is 18.7. The van der Waals surface area contributed by atoms with E-state index >= 15 is 0 Å². The topological polar surface area (TPSA) is 44.8 Å². The first-order valence-electron chi connectivity index (χ1n) is 14.4. The fraction of sp³-hybridized carbons (Fsp3) is 0.733. The Kier molecular flexibility index (Phi) is 20.6. The summed E-state index contributed by atoms with van der Waals surface area (Å²) in [6, 6.07) is 10.3. The van der Waals surface area contributed by atoms with Crippen molar-refractivity contribution in [3.05, 3.63) is 47.8 Å². The number of aromatic nitrogens is 3. The lowest BCUT2D eigenvalue weighted by Gasteiger charge is -2.21. The summed E-state index contributed by atoms with van der Waals surface area (Å²) in [5.74, 6) is 0. The lowest BCUT2D eigenvalue weighted by molar-refractivity contribution is 0.249. The van der Waals surface area contributed by atoms with Crippen LogP contribution in [0.2, 0.25) is 0 Å². The summed E-state index contributed by atoms with van der Waals surface area (Å²) in [5, 5.41) is 10.9. The van der Waals surface area contributed by atoms with Crippen molar-refractivity contribution in [3.8, 4) is 0 Å². The van der Waals surface area contributed by atoms with Gasteiger partial charge >= 0.3 is 0 Å². The second-order valence-corrected chi connectivity index (χ2v) is 9.85. The van der Waals surface area contributed by atoms with Crippen molar-refractivity contribution in [2.45, 2.75) is 130 Å². The fourth-order valence-corrected chi connectivity index (χ4v) is 4.27. The third-order valence-electron chi connectivity index (χ3n) is 6.45. The molecule has 2 aromatic rings. The second kappa shape index (κ2) is 23.1. The fourth-order valence-electron chi connectivity index (χ4n) is 4.27. The molecule has 0 bridgehead atoms. The van der Waals surface area contributed by atoms with Gasteiger partial charge in [-0.2, -0.15) is 0 Å². The van der Waals surface area contributed by atoms with E-state index in [1.807, 2.05) is 24.4 Å². The summed E-state index contributed by atoms with van der Waals surface area (Å²) in [6.07, 6.45) is 24.2. The predicted molar refractivity (Wildman–Crippen MR) is 148 cm³/mol. The normalized spacial score (nSPS) is 10.9. The maximum atomic E-state index is 4.18. The summed E-state index contributed by atoms with van der Waals surface area (Å²) in [7, 11) is 0. The number of nitrogens with zero attached hydrogens (tertiary/aromatic N) is 3. The van der Waals surface area contributed by atoms with Gasteiger partial charge in [-0.1, -0.05) is 145 Å². The van der Waals surface area contributed by atoms with Gasteiger partial charge in [0.15, 0.2) is 0 Å². The molecule has 2 rings (SSSR count). The van der Waals surface area contributed by atoms with Crippen LogP contribution in [-0.2, 0) is 6.54 Å². The molecule has 4 heteroatoms. The van der Waals surface area contributed by atoms with Crippen molar-refractivity contribution >= 4 is 0 Å². The lowest BCUT2D eigenvalue weighted by atomic mass is 10.1. The minimum atomic E-state index is 0.948. The van der Waals surface area contributed by atoms with Gasteiger partial charge in [-0.25, -0.2) is 0 Å².